The van der Waals surface area contributed by atoms with Crippen molar-refractivity contribution in [2.45, 2.75) is 6.54 Å². The van der Waals surface area contributed by atoms with E-state index in [4.69, 9.17) is 11.6 Å². The number of hydrogen-bond donors (Lipinski definition) is 1. The molecule has 1 N–H and O–H groups in total. The predicted molar refractivity (Wildman–Crippen MR) is 127 cm³/mol. The molecule has 1 aliphatic rings. The number of nitrogens with one attached hydrogen (secondary N) is 1. The quantitative estimate of drug-likeness (QED) is 0.516. The Balaban J connectivity index is 1.37. The van der Waals surface area contributed by atoms with E-state index in [1.807, 2.05) is 47.8 Å². The highest BCUT2D eigenvalue weighted by Crippen LogP contribution is 2.30. The molecule has 0 aliphatic carbocycles. The summed E-state index contributed by atoms with van der Waals surface area (Å²) in [5, 5.41) is 5.99. The topological polar surface area (TPSA) is 48.5 Å². The number of likely N-dealkylation sites (N-methyl/N-ethyl adjacent to an activating group) is 1. The molecule has 4 rings (SSSR count). The van der Waals surface area contributed by atoms with Gasteiger partial charge in [0, 0.05) is 53.7 Å². The molecule has 0 saturated carbocycles. The molecule has 1 amide bonds. The maximum absolute atomic E-state index is 12.6. The fourth-order valence-corrected chi connectivity index (χ4v) is 4.46. The minimum absolute atomic E-state index is 0.157. The van der Waals surface area contributed by atoms with Gasteiger partial charge in [0.25, 0.3) is 5.91 Å². The fourth-order valence-electron chi connectivity index (χ4n) is 3.31. The van der Waals surface area contributed by atoms with E-state index in [9.17, 15) is 4.79 Å². The van der Waals surface area contributed by atoms with Crippen LogP contribution >= 0.6 is 38.9 Å². The molecule has 5 nitrogen and oxygen atoms in total. The third-order valence-electron chi connectivity index (χ3n) is 5.16. The van der Waals surface area contributed by atoms with Crippen molar-refractivity contribution in [3.8, 4) is 11.3 Å². The molecule has 0 bridgehead atoms. The van der Waals surface area contributed by atoms with E-state index >= 15 is 0 Å². The van der Waals surface area contributed by atoms with Crippen LogP contribution in [0.25, 0.3) is 11.3 Å². The summed E-state index contributed by atoms with van der Waals surface area (Å²) in [4.78, 5) is 21.9. The van der Waals surface area contributed by atoms with Gasteiger partial charge >= 0.3 is 0 Å². The summed E-state index contributed by atoms with van der Waals surface area (Å²) in [6.07, 6.45) is 0. The van der Waals surface area contributed by atoms with Crippen molar-refractivity contribution in [1.29, 1.82) is 0 Å². The van der Waals surface area contributed by atoms with Gasteiger partial charge < -0.3 is 4.90 Å². The molecule has 0 unspecified atom stereocenters. The van der Waals surface area contributed by atoms with Crippen LogP contribution in [0.3, 0.4) is 0 Å². The zero-order valence-electron chi connectivity index (χ0n) is 16.6. The van der Waals surface area contributed by atoms with E-state index in [1.54, 1.807) is 0 Å². The van der Waals surface area contributed by atoms with Crippen LogP contribution in [0.1, 0.15) is 15.9 Å². The first-order chi connectivity index (χ1) is 14.5. The van der Waals surface area contributed by atoms with Gasteiger partial charge in [-0.1, -0.05) is 29.8 Å². The lowest BCUT2D eigenvalue weighted by Gasteiger charge is -2.32. The maximum atomic E-state index is 12.6. The number of nitrogens with zero attached hydrogens (tertiary/aromatic N) is 3. The van der Waals surface area contributed by atoms with Crippen molar-refractivity contribution >= 4 is 49.9 Å². The Labute approximate surface area is 193 Å². The van der Waals surface area contributed by atoms with Crippen LogP contribution in [0.4, 0.5) is 5.13 Å². The Kier molecular flexibility index (Phi) is 6.85. The summed E-state index contributed by atoms with van der Waals surface area (Å²) in [7, 11) is 2.16. The second-order valence-electron chi connectivity index (χ2n) is 7.40. The summed E-state index contributed by atoms with van der Waals surface area (Å²) >= 11 is 11.0. The third kappa shape index (κ3) is 5.28. The summed E-state index contributed by atoms with van der Waals surface area (Å²) in [5.74, 6) is -0.157. The Hall–Kier alpha value is -1.77. The molecule has 1 aliphatic heterocycles. The van der Waals surface area contributed by atoms with Crippen molar-refractivity contribution in [2.24, 2.45) is 0 Å². The number of amides is 1. The summed E-state index contributed by atoms with van der Waals surface area (Å²) in [6, 6.07) is 13.5. The van der Waals surface area contributed by atoms with Gasteiger partial charge in [0.2, 0.25) is 0 Å². The number of anilines is 1. The molecule has 156 valence electrons. The molecule has 2 heterocycles. The van der Waals surface area contributed by atoms with Crippen molar-refractivity contribution in [3.63, 3.8) is 0 Å². The Morgan fingerprint density at radius 3 is 2.60 bits per heavy atom. The summed E-state index contributed by atoms with van der Waals surface area (Å²) in [5.41, 5.74) is 3.54. The minimum atomic E-state index is -0.157. The van der Waals surface area contributed by atoms with Gasteiger partial charge in [-0.05, 0) is 52.8 Å². The average Bonchev–Trinajstić information content (AvgIpc) is 3.21. The average molecular weight is 506 g/mol. The first kappa shape index (κ1) is 21.5. The van der Waals surface area contributed by atoms with Crippen molar-refractivity contribution in [2.75, 3.05) is 38.5 Å². The molecule has 3 aromatic rings. The van der Waals surface area contributed by atoms with Crippen LogP contribution < -0.4 is 5.32 Å². The van der Waals surface area contributed by atoms with Gasteiger partial charge in [0.15, 0.2) is 5.13 Å². The minimum Gasteiger partial charge on any atom is -0.304 e. The largest absolute Gasteiger partial charge is 0.304 e. The van der Waals surface area contributed by atoms with Gasteiger partial charge in [-0.25, -0.2) is 4.98 Å². The highest BCUT2D eigenvalue weighted by molar-refractivity contribution is 9.10. The second-order valence-corrected chi connectivity index (χ2v) is 9.52. The molecular weight excluding hydrogens is 484 g/mol. The van der Waals surface area contributed by atoms with E-state index in [-0.39, 0.29) is 5.91 Å². The standard InChI is InChI=1S/C22H22BrClN4OS/c1-27-8-10-28(11-9-27)13-15-2-4-16(5-3-15)21(29)26-22-25-20(14-30-22)17-6-7-18(23)19(24)12-17/h2-7,12,14H,8-11,13H2,1H3,(H,25,26,29). The number of piperazine rings is 1. The number of aromatic nitrogens is 1. The van der Waals surface area contributed by atoms with Crippen LogP contribution in [-0.2, 0) is 6.54 Å². The first-order valence-electron chi connectivity index (χ1n) is 9.70. The lowest BCUT2D eigenvalue weighted by atomic mass is 10.1. The number of benzene rings is 2. The lowest BCUT2D eigenvalue weighted by molar-refractivity contribution is 0.102. The fraction of sp³-hybridized carbons (Fsp3) is 0.273. The smallest absolute Gasteiger partial charge is 0.257 e. The molecule has 1 fully saturated rings. The highest BCUT2D eigenvalue weighted by atomic mass is 79.9. The molecule has 1 saturated heterocycles. The van der Waals surface area contributed by atoms with E-state index in [2.05, 4.69) is 43.1 Å². The van der Waals surface area contributed by atoms with E-state index in [0.29, 0.717) is 15.7 Å². The molecule has 30 heavy (non-hydrogen) atoms. The SMILES string of the molecule is CN1CCN(Cc2ccc(C(=O)Nc3nc(-c4ccc(Br)c(Cl)c4)cs3)cc2)CC1. The number of rotatable bonds is 5. The molecule has 0 atom stereocenters. The van der Waals surface area contributed by atoms with E-state index < -0.39 is 0 Å². The third-order valence-corrected chi connectivity index (χ3v) is 7.15. The molecule has 8 heteroatoms. The molecule has 0 radical (unpaired) electrons. The first-order valence-corrected chi connectivity index (χ1v) is 11.7. The van der Waals surface area contributed by atoms with Crippen molar-refractivity contribution < 1.29 is 4.79 Å². The number of carbonyl (C=O) groups excluding carboxylic acids is 1. The van der Waals surface area contributed by atoms with Crippen molar-refractivity contribution in [1.82, 2.24) is 14.8 Å². The van der Waals surface area contributed by atoms with E-state index in [1.165, 1.54) is 16.9 Å². The van der Waals surface area contributed by atoms with Crippen LogP contribution in [0.5, 0.6) is 0 Å². The molecular formula is C22H22BrClN4OS. The monoisotopic (exact) mass is 504 g/mol. The number of hydrogen-bond acceptors (Lipinski definition) is 5. The van der Waals surface area contributed by atoms with Crippen LogP contribution in [-0.4, -0.2) is 53.9 Å². The van der Waals surface area contributed by atoms with Crippen LogP contribution in [0, 0.1) is 0 Å². The Morgan fingerprint density at radius 1 is 1.17 bits per heavy atom. The van der Waals surface area contributed by atoms with Gasteiger partial charge in [0.1, 0.15) is 0 Å². The number of carbonyl (C=O) groups is 1. The lowest BCUT2D eigenvalue weighted by Crippen LogP contribution is -2.43. The summed E-state index contributed by atoms with van der Waals surface area (Å²) in [6.45, 7) is 5.27. The zero-order valence-corrected chi connectivity index (χ0v) is 19.7. The second kappa shape index (κ2) is 9.58. The predicted octanol–water partition coefficient (Wildman–Crippen LogP) is 5.23. The highest BCUT2D eigenvalue weighted by Gasteiger charge is 2.15. The van der Waals surface area contributed by atoms with Crippen LogP contribution in [0.15, 0.2) is 52.3 Å². The zero-order chi connectivity index (χ0) is 21.1. The van der Waals surface area contributed by atoms with Gasteiger partial charge in [0.05, 0.1) is 10.7 Å². The Bertz CT molecular complexity index is 1030. The van der Waals surface area contributed by atoms with Gasteiger partial charge in [-0.2, -0.15) is 0 Å². The Morgan fingerprint density at radius 2 is 1.90 bits per heavy atom. The maximum Gasteiger partial charge on any atom is 0.257 e. The van der Waals surface area contributed by atoms with Crippen molar-refractivity contribution in [3.05, 3.63) is 68.5 Å². The molecule has 0 spiro atoms. The van der Waals surface area contributed by atoms with Crippen LogP contribution in [0.2, 0.25) is 5.02 Å². The molecule has 2 aromatic carbocycles. The van der Waals surface area contributed by atoms with E-state index in [0.717, 1.165) is 48.5 Å². The normalized spacial score (nSPS) is 15.3. The number of thiazole rings is 1. The molecule has 1 aromatic heterocycles. The van der Waals surface area contributed by atoms with Gasteiger partial charge in [-0.15, -0.1) is 11.3 Å². The summed E-state index contributed by atoms with van der Waals surface area (Å²) < 4.78 is 0.841. The number of halogens is 2. The van der Waals surface area contributed by atoms with Gasteiger partial charge in [-0.3, -0.25) is 15.0 Å².